The maximum atomic E-state index is 6.08. The first-order chi connectivity index (χ1) is 7.83. The summed E-state index contributed by atoms with van der Waals surface area (Å²) in [6, 6.07) is 0.130. The van der Waals surface area contributed by atoms with Crippen molar-refractivity contribution >= 4 is 8.80 Å². The molecule has 0 spiro atoms. The van der Waals surface area contributed by atoms with E-state index in [0.717, 1.165) is 0 Å². The Labute approximate surface area is 105 Å². The van der Waals surface area contributed by atoms with E-state index in [1.165, 1.54) is 0 Å². The molecule has 17 heavy (non-hydrogen) atoms. The molecule has 0 saturated heterocycles. The summed E-state index contributed by atoms with van der Waals surface area (Å²) in [7, 11) is 2.07. The van der Waals surface area contributed by atoms with Crippen LogP contribution in [0.4, 0.5) is 0 Å². The van der Waals surface area contributed by atoms with Gasteiger partial charge in [0.2, 0.25) is 0 Å². The molecule has 0 bridgehead atoms. The lowest BCUT2D eigenvalue weighted by molar-refractivity contribution is 0.113. The minimum atomic E-state index is -2.67. The van der Waals surface area contributed by atoms with E-state index in [1.54, 1.807) is 21.3 Å². The van der Waals surface area contributed by atoms with Crippen molar-refractivity contribution in [3.8, 4) is 0 Å². The zero-order chi connectivity index (χ0) is 13.6. The Hall–Kier alpha value is -0.0231. The molecule has 6 N–H and O–H groups in total. The fourth-order valence-electron chi connectivity index (χ4n) is 1.85. The number of nitrogens with two attached hydrogens (primary N) is 3. The maximum absolute atomic E-state index is 6.08. The molecule has 7 heteroatoms. The van der Waals surface area contributed by atoms with Gasteiger partial charge in [-0.15, -0.1) is 0 Å². The summed E-state index contributed by atoms with van der Waals surface area (Å²) in [4.78, 5) is 0. The molecular formula is C10H27N3O3Si. The van der Waals surface area contributed by atoms with Gasteiger partial charge in [-0.05, 0) is 19.8 Å². The Morgan fingerprint density at radius 3 is 1.53 bits per heavy atom. The summed E-state index contributed by atoms with van der Waals surface area (Å²) in [5, 5.41) is 0. The van der Waals surface area contributed by atoms with E-state index in [0.29, 0.717) is 6.04 Å². The Morgan fingerprint density at radius 2 is 1.29 bits per heavy atom. The van der Waals surface area contributed by atoms with Crippen molar-refractivity contribution < 1.29 is 13.3 Å². The fraction of sp³-hybridized carbons (Fsp3) is 1.00. The highest BCUT2D eigenvalue weighted by molar-refractivity contribution is 6.60. The van der Waals surface area contributed by atoms with Gasteiger partial charge in [-0.2, -0.15) is 0 Å². The van der Waals surface area contributed by atoms with Gasteiger partial charge >= 0.3 is 8.80 Å². The topological polar surface area (TPSA) is 106 Å². The lowest BCUT2D eigenvalue weighted by Gasteiger charge is -2.35. The Bertz CT molecular complexity index is 205. The van der Waals surface area contributed by atoms with Crippen LogP contribution in [0.15, 0.2) is 0 Å². The molecule has 0 fully saturated rings. The molecule has 4 unspecified atom stereocenters. The Kier molecular flexibility index (Phi) is 7.41. The normalized spacial score (nSPS) is 19.8. The van der Waals surface area contributed by atoms with Gasteiger partial charge in [0.15, 0.2) is 0 Å². The van der Waals surface area contributed by atoms with Crippen LogP contribution >= 0.6 is 0 Å². The summed E-state index contributed by atoms with van der Waals surface area (Å²) >= 11 is 0. The second-order valence-electron chi connectivity index (χ2n) is 4.46. The average molecular weight is 265 g/mol. The van der Waals surface area contributed by atoms with E-state index >= 15 is 0 Å². The van der Waals surface area contributed by atoms with Gasteiger partial charge < -0.3 is 30.5 Å². The van der Waals surface area contributed by atoms with E-state index in [-0.39, 0.29) is 24.0 Å². The van der Waals surface area contributed by atoms with Crippen molar-refractivity contribution in [1.29, 1.82) is 0 Å². The summed E-state index contributed by atoms with van der Waals surface area (Å²) in [5.74, 6) is 0.00140. The van der Waals surface area contributed by atoms with E-state index in [4.69, 9.17) is 30.5 Å². The van der Waals surface area contributed by atoms with Crippen molar-refractivity contribution in [3.05, 3.63) is 0 Å². The highest BCUT2D eigenvalue weighted by Gasteiger charge is 2.43. The molecule has 0 saturated carbocycles. The third-order valence-corrected chi connectivity index (χ3v) is 6.03. The van der Waals surface area contributed by atoms with Gasteiger partial charge in [0, 0.05) is 45.5 Å². The standard InChI is InChI=1S/C10H27N3O3Si/c1-7(11)9(10(13)8(2)12)6-17(14-3,15-4)16-5/h7-10H,6,11-13H2,1-5H3. The first-order valence-corrected chi connectivity index (χ1v) is 7.69. The van der Waals surface area contributed by atoms with Crippen LogP contribution in [0.1, 0.15) is 13.8 Å². The summed E-state index contributed by atoms with van der Waals surface area (Å²) < 4.78 is 16.2. The summed E-state index contributed by atoms with van der Waals surface area (Å²) in [6.07, 6.45) is 0. The van der Waals surface area contributed by atoms with Crippen LogP contribution in [-0.2, 0) is 13.3 Å². The monoisotopic (exact) mass is 265 g/mol. The number of hydrogen-bond donors (Lipinski definition) is 3. The minimum Gasteiger partial charge on any atom is -0.377 e. The second-order valence-corrected chi connectivity index (χ2v) is 7.46. The van der Waals surface area contributed by atoms with Crippen LogP contribution in [0.3, 0.4) is 0 Å². The molecule has 6 nitrogen and oxygen atoms in total. The Balaban J connectivity index is 4.85. The van der Waals surface area contributed by atoms with Gasteiger partial charge in [-0.1, -0.05) is 0 Å². The fourth-order valence-corrected chi connectivity index (χ4v) is 4.07. The van der Waals surface area contributed by atoms with Crippen LogP contribution in [0.25, 0.3) is 0 Å². The maximum Gasteiger partial charge on any atom is 0.500 e. The molecule has 0 rings (SSSR count). The lowest BCUT2D eigenvalue weighted by atomic mass is 9.91. The van der Waals surface area contributed by atoms with Crippen molar-refractivity contribution in [3.63, 3.8) is 0 Å². The van der Waals surface area contributed by atoms with Crippen LogP contribution < -0.4 is 17.2 Å². The van der Waals surface area contributed by atoms with Gasteiger partial charge in [-0.25, -0.2) is 0 Å². The first-order valence-electron chi connectivity index (χ1n) is 5.75. The van der Waals surface area contributed by atoms with Gasteiger partial charge in [0.05, 0.1) is 0 Å². The quantitative estimate of drug-likeness (QED) is 0.511. The molecule has 0 aliphatic heterocycles. The number of hydrogen-bond acceptors (Lipinski definition) is 6. The van der Waals surface area contributed by atoms with Gasteiger partial charge in [-0.3, -0.25) is 0 Å². The van der Waals surface area contributed by atoms with E-state index in [1.807, 2.05) is 13.8 Å². The third-order valence-electron chi connectivity index (χ3n) is 3.20. The van der Waals surface area contributed by atoms with Crippen LogP contribution in [-0.4, -0.2) is 48.3 Å². The average Bonchev–Trinajstić information content (AvgIpc) is 2.30. The predicted molar refractivity (Wildman–Crippen MR) is 70.4 cm³/mol. The van der Waals surface area contributed by atoms with Crippen LogP contribution in [0.5, 0.6) is 0 Å². The zero-order valence-corrected chi connectivity index (χ0v) is 12.5. The van der Waals surface area contributed by atoms with Gasteiger partial charge in [0.1, 0.15) is 0 Å². The summed E-state index contributed by atoms with van der Waals surface area (Å²) in [5.41, 5.74) is 17.9. The molecule has 0 aliphatic carbocycles. The van der Waals surface area contributed by atoms with Crippen molar-refractivity contribution in [2.45, 2.75) is 38.0 Å². The highest BCUT2D eigenvalue weighted by Crippen LogP contribution is 2.24. The second kappa shape index (κ2) is 7.42. The zero-order valence-electron chi connectivity index (χ0n) is 11.5. The molecule has 0 heterocycles. The van der Waals surface area contributed by atoms with E-state index < -0.39 is 8.80 Å². The molecule has 104 valence electrons. The molecule has 0 amide bonds. The van der Waals surface area contributed by atoms with Crippen molar-refractivity contribution in [1.82, 2.24) is 0 Å². The minimum absolute atomic E-state index is 0.00140. The highest BCUT2D eigenvalue weighted by atomic mass is 28.4. The van der Waals surface area contributed by atoms with Gasteiger partial charge in [0.25, 0.3) is 0 Å². The third kappa shape index (κ3) is 4.63. The van der Waals surface area contributed by atoms with E-state index in [9.17, 15) is 0 Å². The van der Waals surface area contributed by atoms with Crippen molar-refractivity contribution in [2.24, 2.45) is 23.1 Å². The molecule has 0 aliphatic rings. The van der Waals surface area contributed by atoms with Crippen molar-refractivity contribution in [2.75, 3.05) is 21.3 Å². The molecular weight excluding hydrogens is 238 g/mol. The van der Waals surface area contributed by atoms with Crippen LogP contribution in [0, 0.1) is 5.92 Å². The lowest BCUT2D eigenvalue weighted by Crippen LogP contribution is -2.55. The molecule has 0 radical (unpaired) electrons. The molecule has 0 aromatic carbocycles. The largest absolute Gasteiger partial charge is 0.500 e. The Morgan fingerprint density at radius 1 is 0.882 bits per heavy atom. The smallest absolute Gasteiger partial charge is 0.377 e. The predicted octanol–water partition coefficient (Wildman–Crippen LogP) is -0.498. The molecule has 4 atom stereocenters. The molecule has 0 aromatic heterocycles. The van der Waals surface area contributed by atoms with E-state index in [2.05, 4.69) is 0 Å². The van der Waals surface area contributed by atoms with Crippen LogP contribution in [0.2, 0.25) is 6.04 Å². The molecule has 0 aromatic rings. The SMILES string of the molecule is CO[Si](CC(C(C)N)C(N)C(C)N)(OC)OC. The summed E-state index contributed by atoms with van der Waals surface area (Å²) in [6.45, 7) is 3.78. The number of rotatable bonds is 8. The first kappa shape index (κ1) is 17.0.